The van der Waals surface area contributed by atoms with Gasteiger partial charge >= 0.3 is 5.97 Å². The predicted octanol–water partition coefficient (Wildman–Crippen LogP) is 2.80. The smallest absolute Gasteiger partial charge is 0.337 e. The van der Waals surface area contributed by atoms with E-state index in [4.69, 9.17) is 16.7 Å². The monoisotopic (exact) mass is 299 g/mol. The van der Waals surface area contributed by atoms with Crippen LogP contribution in [-0.2, 0) is 4.79 Å². The molecule has 1 atom stereocenters. The van der Waals surface area contributed by atoms with E-state index in [2.05, 4.69) is 5.32 Å². The number of carbonyl (C=O) groups excluding carboxylic acids is 1. The van der Waals surface area contributed by atoms with Gasteiger partial charge in [0.2, 0.25) is 5.91 Å². The summed E-state index contributed by atoms with van der Waals surface area (Å²) in [7, 11) is 0. The van der Waals surface area contributed by atoms with Gasteiger partial charge < -0.3 is 10.4 Å². The van der Waals surface area contributed by atoms with Crippen LogP contribution in [0.1, 0.15) is 29.6 Å². The summed E-state index contributed by atoms with van der Waals surface area (Å²) < 4.78 is 0. The summed E-state index contributed by atoms with van der Waals surface area (Å²) in [5.74, 6) is -0.978. The van der Waals surface area contributed by atoms with Crippen LogP contribution in [-0.4, -0.2) is 28.8 Å². The van der Waals surface area contributed by atoms with Crippen molar-refractivity contribution < 1.29 is 14.7 Å². The van der Waals surface area contributed by atoms with Gasteiger partial charge in [-0.05, 0) is 31.0 Å². The average Bonchev–Trinajstić information content (AvgIpc) is 2.56. The number of carboxylic acid groups (broad SMARTS) is 1. The van der Waals surface area contributed by atoms with E-state index in [1.807, 2.05) is 0 Å². The molecule has 6 heteroatoms. The highest BCUT2D eigenvalue weighted by Crippen LogP contribution is 2.31. The van der Waals surface area contributed by atoms with Gasteiger partial charge in [-0.3, -0.25) is 4.79 Å². The van der Waals surface area contributed by atoms with Crippen molar-refractivity contribution in [2.75, 3.05) is 6.54 Å². The van der Waals surface area contributed by atoms with Gasteiger partial charge in [-0.1, -0.05) is 11.6 Å². The summed E-state index contributed by atoms with van der Waals surface area (Å²) in [6.07, 6.45) is 2.35. The fourth-order valence-corrected chi connectivity index (χ4v) is 3.41. The molecule has 2 N–H and O–H groups in total. The lowest BCUT2D eigenvalue weighted by atomic mass is 10.2. The zero-order valence-corrected chi connectivity index (χ0v) is 11.8. The Hall–Kier alpha value is -1.20. The number of thioether (sulfide) groups is 1. The third kappa shape index (κ3) is 3.88. The molecule has 2 rings (SSSR count). The van der Waals surface area contributed by atoms with E-state index in [0.29, 0.717) is 6.42 Å². The topological polar surface area (TPSA) is 66.4 Å². The lowest BCUT2D eigenvalue weighted by Crippen LogP contribution is -2.22. The molecule has 1 aromatic rings. The standard InChI is InChI=1S/C13H14ClNO3S/c14-11-4-3-9(6-10(11)13(17)18)19-8-2-1-5-15-12(16)7-8/h3-4,6,8H,1-2,5,7H2,(H,15,16)(H,17,18). The molecule has 1 heterocycles. The number of aromatic carboxylic acids is 1. The average molecular weight is 300 g/mol. The van der Waals surface area contributed by atoms with Crippen LogP contribution in [0, 0.1) is 0 Å². The van der Waals surface area contributed by atoms with Gasteiger partial charge in [0.15, 0.2) is 0 Å². The summed E-state index contributed by atoms with van der Waals surface area (Å²) in [6, 6.07) is 4.95. The normalized spacial score (nSPS) is 19.6. The number of rotatable bonds is 3. The first-order chi connectivity index (χ1) is 9.06. The van der Waals surface area contributed by atoms with Crippen LogP contribution < -0.4 is 5.32 Å². The fraction of sp³-hybridized carbons (Fsp3) is 0.385. The lowest BCUT2D eigenvalue weighted by molar-refractivity contribution is -0.120. The van der Waals surface area contributed by atoms with Gasteiger partial charge in [0.25, 0.3) is 0 Å². The Balaban J connectivity index is 2.12. The summed E-state index contributed by atoms with van der Waals surface area (Å²) in [5, 5.41) is 12.3. The minimum atomic E-state index is -1.04. The van der Waals surface area contributed by atoms with Crippen LogP contribution in [0.5, 0.6) is 0 Å². The third-order valence-electron chi connectivity index (χ3n) is 2.91. The van der Waals surface area contributed by atoms with E-state index in [0.717, 1.165) is 24.3 Å². The van der Waals surface area contributed by atoms with E-state index in [-0.39, 0.29) is 21.7 Å². The van der Waals surface area contributed by atoms with E-state index >= 15 is 0 Å². The molecular formula is C13H14ClNO3S. The Kier molecular flexibility index (Phi) is 4.71. The van der Waals surface area contributed by atoms with Crippen molar-refractivity contribution >= 4 is 35.2 Å². The van der Waals surface area contributed by atoms with E-state index in [9.17, 15) is 9.59 Å². The van der Waals surface area contributed by atoms with Crippen molar-refractivity contribution in [2.45, 2.75) is 29.4 Å². The second-order valence-corrected chi connectivity index (χ2v) is 6.16. The van der Waals surface area contributed by atoms with E-state index < -0.39 is 5.97 Å². The van der Waals surface area contributed by atoms with E-state index in [1.54, 1.807) is 18.2 Å². The number of carbonyl (C=O) groups is 2. The quantitative estimate of drug-likeness (QED) is 0.900. The molecule has 1 aliphatic heterocycles. The van der Waals surface area contributed by atoms with Gasteiger partial charge in [-0.25, -0.2) is 4.79 Å². The summed E-state index contributed by atoms with van der Waals surface area (Å²) in [5.41, 5.74) is 0.102. The van der Waals surface area contributed by atoms with Crippen molar-refractivity contribution in [3.8, 4) is 0 Å². The number of hydrogen-bond acceptors (Lipinski definition) is 3. The maximum atomic E-state index is 11.5. The molecule has 102 valence electrons. The largest absolute Gasteiger partial charge is 0.478 e. The molecule has 1 fully saturated rings. The van der Waals surface area contributed by atoms with Crippen molar-refractivity contribution in [3.63, 3.8) is 0 Å². The highest BCUT2D eigenvalue weighted by molar-refractivity contribution is 8.00. The molecule has 0 bridgehead atoms. The van der Waals surface area contributed by atoms with Crippen LogP contribution >= 0.6 is 23.4 Å². The molecule has 0 spiro atoms. The molecular weight excluding hydrogens is 286 g/mol. The Morgan fingerprint density at radius 3 is 3.00 bits per heavy atom. The molecule has 4 nitrogen and oxygen atoms in total. The SMILES string of the molecule is O=C1CC(Sc2ccc(Cl)c(C(=O)O)c2)CCCN1. The number of carboxylic acids is 1. The molecule has 19 heavy (non-hydrogen) atoms. The Morgan fingerprint density at radius 2 is 2.26 bits per heavy atom. The highest BCUT2D eigenvalue weighted by Gasteiger charge is 2.19. The Labute approximate surface area is 120 Å². The van der Waals surface area contributed by atoms with Gasteiger partial charge in [0.05, 0.1) is 10.6 Å². The number of halogens is 1. The Morgan fingerprint density at radius 1 is 1.47 bits per heavy atom. The Bertz CT molecular complexity index is 507. The number of benzene rings is 1. The summed E-state index contributed by atoms with van der Waals surface area (Å²) in [4.78, 5) is 23.3. The van der Waals surface area contributed by atoms with Crippen molar-refractivity contribution in [1.82, 2.24) is 5.32 Å². The molecule has 0 saturated carbocycles. The second kappa shape index (κ2) is 6.30. The number of nitrogens with one attached hydrogen (secondary N) is 1. The first-order valence-electron chi connectivity index (χ1n) is 6.02. The highest BCUT2D eigenvalue weighted by atomic mass is 35.5. The lowest BCUT2D eigenvalue weighted by Gasteiger charge is -2.13. The number of hydrogen-bond donors (Lipinski definition) is 2. The fourth-order valence-electron chi connectivity index (χ4n) is 1.97. The third-order valence-corrected chi connectivity index (χ3v) is 4.50. The second-order valence-electron chi connectivity index (χ2n) is 4.38. The van der Waals surface area contributed by atoms with Crippen LogP contribution in [0.2, 0.25) is 5.02 Å². The summed E-state index contributed by atoms with van der Waals surface area (Å²) in [6.45, 7) is 0.719. The van der Waals surface area contributed by atoms with Gasteiger partial charge in [0.1, 0.15) is 0 Å². The molecule has 1 saturated heterocycles. The molecule has 0 aliphatic carbocycles. The molecule has 1 unspecified atom stereocenters. The zero-order chi connectivity index (χ0) is 13.8. The van der Waals surface area contributed by atoms with Gasteiger partial charge in [-0.15, -0.1) is 11.8 Å². The predicted molar refractivity (Wildman–Crippen MR) is 74.9 cm³/mol. The maximum Gasteiger partial charge on any atom is 0.337 e. The molecule has 1 amide bonds. The number of amides is 1. The van der Waals surface area contributed by atoms with Crippen LogP contribution in [0.4, 0.5) is 0 Å². The minimum Gasteiger partial charge on any atom is -0.478 e. The molecule has 0 aromatic heterocycles. The van der Waals surface area contributed by atoms with Crippen molar-refractivity contribution in [3.05, 3.63) is 28.8 Å². The minimum absolute atomic E-state index is 0.0578. The van der Waals surface area contributed by atoms with Crippen molar-refractivity contribution in [1.29, 1.82) is 0 Å². The molecule has 0 radical (unpaired) electrons. The van der Waals surface area contributed by atoms with Crippen LogP contribution in [0.15, 0.2) is 23.1 Å². The van der Waals surface area contributed by atoms with Gasteiger partial charge in [-0.2, -0.15) is 0 Å². The molecule has 1 aromatic carbocycles. The van der Waals surface area contributed by atoms with Gasteiger partial charge in [0, 0.05) is 23.1 Å². The van der Waals surface area contributed by atoms with E-state index in [1.165, 1.54) is 11.8 Å². The zero-order valence-electron chi connectivity index (χ0n) is 10.2. The molecule has 1 aliphatic rings. The van der Waals surface area contributed by atoms with Crippen molar-refractivity contribution in [2.24, 2.45) is 0 Å². The van der Waals surface area contributed by atoms with Crippen LogP contribution in [0.25, 0.3) is 0 Å². The summed E-state index contributed by atoms with van der Waals surface area (Å²) >= 11 is 7.37. The maximum absolute atomic E-state index is 11.5. The van der Waals surface area contributed by atoms with Crippen LogP contribution in [0.3, 0.4) is 0 Å². The first-order valence-corrected chi connectivity index (χ1v) is 7.28. The first kappa shape index (κ1) is 14.2.